The van der Waals surface area contributed by atoms with E-state index in [9.17, 15) is 4.79 Å². The molecule has 1 aromatic carbocycles. The van der Waals surface area contributed by atoms with E-state index in [1.165, 1.54) is 7.11 Å². The second-order valence-corrected chi connectivity index (χ2v) is 3.49. The number of nitrogens with one attached hydrogen (secondary N) is 1. The Bertz CT molecular complexity index is 328. The molecule has 0 amide bonds. The van der Waals surface area contributed by atoms with Crippen LogP contribution in [-0.2, 0) is 9.53 Å². The van der Waals surface area contributed by atoms with Crippen LogP contribution in [0.5, 0.6) is 0 Å². The van der Waals surface area contributed by atoms with Crippen LogP contribution in [0.4, 0.5) is 5.69 Å². The molecule has 0 spiro atoms. The molecule has 0 fully saturated rings. The number of anilines is 1. The maximum atomic E-state index is 10.8. The van der Waals surface area contributed by atoms with E-state index in [0.29, 0.717) is 18.0 Å². The second-order valence-electron chi connectivity index (χ2n) is 3.09. The molecule has 1 rings (SSSR count). The topological polar surface area (TPSA) is 38.3 Å². The number of esters is 1. The summed E-state index contributed by atoms with van der Waals surface area (Å²) in [6.07, 6.45) is 1.16. The van der Waals surface area contributed by atoms with E-state index in [-0.39, 0.29) is 5.97 Å². The zero-order valence-electron chi connectivity index (χ0n) is 8.63. The summed E-state index contributed by atoms with van der Waals surface area (Å²) in [7, 11) is 1.39. The van der Waals surface area contributed by atoms with Crippen molar-refractivity contribution < 1.29 is 9.53 Å². The third kappa shape index (κ3) is 4.21. The molecule has 0 atom stereocenters. The van der Waals surface area contributed by atoms with E-state index in [1.807, 2.05) is 24.3 Å². The van der Waals surface area contributed by atoms with Gasteiger partial charge >= 0.3 is 5.97 Å². The van der Waals surface area contributed by atoms with Gasteiger partial charge in [-0.2, -0.15) is 0 Å². The zero-order chi connectivity index (χ0) is 11.1. The third-order valence-corrected chi connectivity index (χ3v) is 2.30. The molecule has 0 aliphatic rings. The summed E-state index contributed by atoms with van der Waals surface area (Å²) in [6, 6.07) is 7.52. The zero-order valence-corrected chi connectivity index (χ0v) is 9.38. The number of halogens is 1. The molecule has 3 nitrogen and oxygen atoms in total. The number of hydrogen-bond acceptors (Lipinski definition) is 3. The van der Waals surface area contributed by atoms with Gasteiger partial charge < -0.3 is 10.1 Å². The minimum atomic E-state index is -0.184. The fourth-order valence-corrected chi connectivity index (χ4v) is 1.36. The van der Waals surface area contributed by atoms with Crippen LogP contribution in [0.25, 0.3) is 0 Å². The van der Waals surface area contributed by atoms with Gasteiger partial charge in [0, 0.05) is 13.0 Å². The van der Waals surface area contributed by atoms with Crippen LogP contribution in [0.15, 0.2) is 24.3 Å². The van der Waals surface area contributed by atoms with Gasteiger partial charge in [0.1, 0.15) is 0 Å². The molecule has 82 valence electrons. The van der Waals surface area contributed by atoms with Crippen molar-refractivity contribution in [2.24, 2.45) is 0 Å². The minimum absolute atomic E-state index is 0.184. The predicted octanol–water partition coefficient (Wildman–Crippen LogP) is 2.71. The highest BCUT2D eigenvalue weighted by Crippen LogP contribution is 2.20. The van der Waals surface area contributed by atoms with Gasteiger partial charge in [-0.15, -0.1) is 0 Å². The molecule has 0 aromatic heterocycles. The number of ether oxygens (including phenoxy) is 1. The summed E-state index contributed by atoms with van der Waals surface area (Å²) in [4.78, 5) is 10.8. The monoisotopic (exact) mass is 227 g/mol. The number of rotatable bonds is 5. The van der Waals surface area contributed by atoms with Crippen LogP contribution < -0.4 is 5.32 Å². The Labute approximate surface area is 94.4 Å². The van der Waals surface area contributed by atoms with Crippen LogP contribution in [0.1, 0.15) is 12.8 Å². The van der Waals surface area contributed by atoms with Crippen LogP contribution in [0.3, 0.4) is 0 Å². The largest absolute Gasteiger partial charge is 0.469 e. The summed E-state index contributed by atoms with van der Waals surface area (Å²) in [5.74, 6) is -0.184. The highest BCUT2D eigenvalue weighted by Gasteiger charge is 2.00. The number of carbonyl (C=O) groups excluding carboxylic acids is 1. The quantitative estimate of drug-likeness (QED) is 0.621. The Morgan fingerprint density at radius 1 is 1.47 bits per heavy atom. The molecule has 1 aromatic rings. The Morgan fingerprint density at radius 3 is 2.87 bits per heavy atom. The molecule has 0 aliphatic heterocycles. The minimum Gasteiger partial charge on any atom is -0.469 e. The van der Waals surface area contributed by atoms with Crippen molar-refractivity contribution in [1.29, 1.82) is 0 Å². The summed E-state index contributed by atoms with van der Waals surface area (Å²) >= 11 is 5.94. The number of carbonyl (C=O) groups is 1. The van der Waals surface area contributed by atoms with Crippen molar-refractivity contribution >= 4 is 23.3 Å². The fourth-order valence-electron chi connectivity index (χ4n) is 1.16. The first-order valence-corrected chi connectivity index (χ1v) is 5.17. The van der Waals surface area contributed by atoms with Gasteiger partial charge in [0.05, 0.1) is 17.8 Å². The molecule has 0 radical (unpaired) electrons. The average molecular weight is 228 g/mol. The Kier molecular flexibility index (Phi) is 4.98. The van der Waals surface area contributed by atoms with Gasteiger partial charge in [-0.3, -0.25) is 4.79 Å². The summed E-state index contributed by atoms with van der Waals surface area (Å²) in [5.41, 5.74) is 0.893. The Balaban J connectivity index is 2.26. The maximum Gasteiger partial charge on any atom is 0.305 e. The highest BCUT2D eigenvalue weighted by atomic mass is 35.5. The molecule has 0 heterocycles. The van der Waals surface area contributed by atoms with Crippen molar-refractivity contribution in [3.63, 3.8) is 0 Å². The van der Waals surface area contributed by atoms with Crippen LogP contribution in [-0.4, -0.2) is 19.6 Å². The second kappa shape index (κ2) is 6.30. The van der Waals surface area contributed by atoms with Gasteiger partial charge in [0.15, 0.2) is 0 Å². The number of hydrogen-bond donors (Lipinski definition) is 1. The normalized spacial score (nSPS) is 9.73. The summed E-state index contributed by atoms with van der Waals surface area (Å²) in [5, 5.41) is 3.84. The van der Waals surface area contributed by atoms with E-state index in [1.54, 1.807) is 0 Å². The lowest BCUT2D eigenvalue weighted by Gasteiger charge is -2.07. The van der Waals surface area contributed by atoms with Crippen LogP contribution in [0, 0.1) is 0 Å². The molecule has 1 N–H and O–H groups in total. The Hall–Kier alpha value is -1.22. The molecular formula is C11H14ClNO2. The molecule has 4 heteroatoms. The number of para-hydroxylation sites is 1. The van der Waals surface area contributed by atoms with E-state index in [0.717, 1.165) is 12.1 Å². The molecular weight excluding hydrogens is 214 g/mol. The molecule has 0 bridgehead atoms. The summed E-state index contributed by atoms with van der Waals surface area (Å²) in [6.45, 7) is 0.707. The van der Waals surface area contributed by atoms with Gasteiger partial charge in [-0.25, -0.2) is 0 Å². The lowest BCUT2D eigenvalue weighted by Crippen LogP contribution is -2.06. The van der Waals surface area contributed by atoms with Crippen LogP contribution >= 0.6 is 11.6 Å². The Morgan fingerprint density at radius 2 is 2.20 bits per heavy atom. The molecule has 0 saturated heterocycles. The average Bonchev–Trinajstić information content (AvgIpc) is 2.26. The fraction of sp³-hybridized carbons (Fsp3) is 0.364. The van der Waals surface area contributed by atoms with Crippen molar-refractivity contribution in [3.8, 4) is 0 Å². The standard InChI is InChI=1S/C11H14ClNO2/c1-15-11(14)7-4-8-13-10-6-3-2-5-9(10)12/h2-3,5-6,13H,4,7-8H2,1H3. The first-order valence-electron chi connectivity index (χ1n) is 4.79. The van der Waals surface area contributed by atoms with Gasteiger partial charge in [-0.05, 0) is 18.6 Å². The maximum absolute atomic E-state index is 10.8. The molecule has 15 heavy (non-hydrogen) atoms. The smallest absolute Gasteiger partial charge is 0.305 e. The molecule has 0 unspecified atom stereocenters. The van der Waals surface area contributed by atoms with Crippen molar-refractivity contribution in [2.45, 2.75) is 12.8 Å². The van der Waals surface area contributed by atoms with Gasteiger partial charge in [-0.1, -0.05) is 23.7 Å². The van der Waals surface area contributed by atoms with Gasteiger partial charge in [0.2, 0.25) is 0 Å². The van der Waals surface area contributed by atoms with Crippen molar-refractivity contribution in [2.75, 3.05) is 19.0 Å². The van der Waals surface area contributed by atoms with E-state index in [2.05, 4.69) is 10.1 Å². The van der Waals surface area contributed by atoms with Crippen molar-refractivity contribution in [3.05, 3.63) is 29.3 Å². The van der Waals surface area contributed by atoms with Crippen LogP contribution in [0.2, 0.25) is 5.02 Å². The molecule has 0 aliphatic carbocycles. The molecule has 0 saturated carbocycles. The predicted molar refractivity (Wildman–Crippen MR) is 61.2 cm³/mol. The van der Waals surface area contributed by atoms with Crippen molar-refractivity contribution in [1.82, 2.24) is 0 Å². The SMILES string of the molecule is COC(=O)CCCNc1ccccc1Cl. The lowest BCUT2D eigenvalue weighted by molar-refractivity contribution is -0.140. The number of benzene rings is 1. The van der Waals surface area contributed by atoms with E-state index >= 15 is 0 Å². The summed E-state index contributed by atoms with van der Waals surface area (Å²) < 4.78 is 4.53. The first kappa shape index (κ1) is 11.9. The lowest BCUT2D eigenvalue weighted by atomic mass is 10.3. The van der Waals surface area contributed by atoms with E-state index < -0.39 is 0 Å². The van der Waals surface area contributed by atoms with E-state index in [4.69, 9.17) is 11.6 Å². The third-order valence-electron chi connectivity index (χ3n) is 1.97. The van der Waals surface area contributed by atoms with Gasteiger partial charge in [0.25, 0.3) is 0 Å². The highest BCUT2D eigenvalue weighted by molar-refractivity contribution is 6.33. The first-order chi connectivity index (χ1) is 7.24. The number of methoxy groups -OCH3 is 1.